The molecule has 1 fully saturated rings. The van der Waals surface area contributed by atoms with Crippen molar-refractivity contribution in [1.82, 2.24) is 10.6 Å². The minimum atomic E-state index is 0.104. The van der Waals surface area contributed by atoms with Crippen molar-refractivity contribution in [2.45, 2.75) is 59.3 Å². The van der Waals surface area contributed by atoms with Gasteiger partial charge in [0.2, 0.25) is 5.91 Å². The second-order valence-electron chi connectivity index (χ2n) is 6.70. The maximum Gasteiger partial charge on any atom is 0.224 e. The SMILES string of the molecule is CCC(CNC)C(=O)NCC(C)(C)C1CCCCC1. The molecular formula is C16H32N2O. The molecule has 1 aliphatic rings. The molecule has 0 radical (unpaired) electrons. The summed E-state index contributed by atoms with van der Waals surface area (Å²) in [7, 11) is 1.90. The zero-order valence-corrected chi connectivity index (χ0v) is 13.2. The number of nitrogens with one attached hydrogen (secondary N) is 2. The van der Waals surface area contributed by atoms with Crippen LogP contribution < -0.4 is 10.6 Å². The molecule has 0 bridgehead atoms. The molecule has 0 saturated heterocycles. The highest BCUT2D eigenvalue weighted by atomic mass is 16.1. The van der Waals surface area contributed by atoms with E-state index in [2.05, 4.69) is 31.4 Å². The van der Waals surface area contributed by atoms with Crippen LogP contribution in [-0.2, 0) is 4.79 Å². The Bertz CT molecular complexity index is 270. The lowest BCUT2D eigenvalue weighted by atomic mass is 9.71. The Morgan fingerprint density at radius 3 is 2.42 bits per heavy atom. The van der Waals surface area contributed by atoms with Gasteiger partial charge in [-0.05, 0) is 37.6 Å². The van der Waals surface area contributed by atoms with Crippen molar-refractivity contribution in [3.8, 4) is 0 Å². The fraction of sp³-hybridized carbons (Fsp3) is 0.938. The lowest BCUT2D eigenvalue weighted by molar-refractivity contribution is -0.125. The zero-order chi connectivity index (χ0) is 14.3. The molecular weight excluding hydrogens is 236 g/mol. The Labute approximate surface area is 118 Å². The number of carbonyl (C=O) groups is 1. The summed E-state index contributed by atoms with van der Waals surface area (Å²) >= 11 is 0. The molecule has 1 aliphatic carbocycles. The van der Waals surface area contributed by atoms with Crippen LogP contribution in [0.2, 0.25) is 0 Å². The van der Waals surface area contributed by atoms with Crippen molar-refractivity contribution in [1.29, 1.82) is 0 Å². The van der Waals surface area contributed by atoms with E-state index in [9.17, 15) is 4.79 Å². The largest absolute Gasteiger partial charge is 0.355 e. The molecule has 3 nitrogen and oxygen atoms in total. The summed E-state index contributed by atoms with van der Waals surface area (Å²) in [6, 6.07) is 0. The van der Waals surface area contributed by atoms with E-state index in [1.807, 2.05) is 7.05 Å². The van der Waals surface area contributed by atoms with E-state index >= 15 is 0 Å². The molecule has 2 N–H and O–H groups in total. The van der Waals surface area contributed by atoms with Gasteiger partial charge in [0, 0.05) is 13.1 Å². The first kappa shape index (κ1) is 16.5. The highest BCUT2D eigenvalue weighted by molar-refractivity contribution is 5.78. The number of carbonyl (C=O) groups excluding carboxylic acids is 1. The summed E-state index contributed by atoms with van der Waals surface area (Å²) < 4.78 is 0. The van der Waals surface area contributed by atoms with Crippen LogP contribution in [0.3, 0.4) is 0 Å². The van der Waals surface area contributed by atoms with Crippen LogP contribution in [0.4, 0.5) is 0 Å². The maximum absolute atomic E-state index is 12.1. The fourth-order valence-electron chi connectivity index (χ4n) is 3.16. The molecule has 0 spiro atoms. The second-order valence-corrected chi connectivity index (χ2v) is 6.70. The first-order chi connectivity index (χ1) is 9.01. The molecule has 0 aromatic rings. The normalized spacial score (nSPS) is 19.2. The predicted octanol–water partition coefficient (Wildman–Crippen LogP) is 2.95. The van der Waals surface area contributed by atoms with Crippen molar-refractivity contribution >= 4 is 5.91 Å². The first-order valence-electron chi connectivity index (χ1n) is 7.93. The molecule has 3 heteroatoms. The Balaban J connectivity index is 2.42. The Hall–Kier alpha value is -0.570. The standard InChI is InChI=1S/C16H32N2O/c1-5-13(11-17-4)15(19)18-12-16(2,3)14-9-7-6-8-10-14/h13-14,17H,5-12H2,1-4H3,(H,18,19). The van der Waals surface area contributed by atoms with Gasteiger partial charge in [0.15, 0.2) is 0 Å². The fourth-order valence-corrected chi connectivity index (χ4v) is 3.16. The lowest BCUT2D eigenvalue weighted by Crippen LogP contribution is -2.43. The van der Waals surface area contributed by atoms with E-state index in [0.717, 1.165) is 25.4 Å². The minimum Gasteiger partial charge on any atom is -0.355 e. The number of rotatable bonds is 7. The molecule has 19 heavy (non-hydrogen) atoms. The maximum atomic E-state index is 12.1. The van der Waals surface area contributed by atoms with E-state index in [-0.39, 0.29) is 17.2 Å². The Morgan fingerprint density at radius 2 is 1.89 bits per heavy atom. The molecule has 1 amide bonds. The highest BCUT2D eigenvalue weighted by Crippen LogP contribution is 2.37. The van der Waals surface area contributed by atoms with Gasteiger partial charge in [-0.25, -0.2) is 0 Å². The Morgan fingerprint density at radius 1 is 1.26 bits per heavy atom. The summed E-state index contributed by atoms with van der Waals surface area (Å²) in [4.78, 5) is 12.1. The third-order valence-electron chi connectivity index (χ3n) is 4.74. The molecule has 1 atom stereocenters. The van der Waals surface area contributed by atoms with E-state index in [1.165, 1.54) is 32.1 Å². The molecule has 0 aromatic heterocycles. The molecule has 1 unspecified atom stereocenters. The van der Waals surface area contributed by atoms with Gasteiger partial charge in [0.25, 0.3) is 0 Å². The average molecular weight is 268 g/mol. The van der Waals surface area contributed by atoms with Gasteiger partial charge < -0.3 is 10.6 Å². The summed E-state index contributed by atoms with van der Waals surface area (Å²) in [5, 5.41) is 6.28. The topological polar surface area (TPSA) is 41.1 Å². The van der Waals surface area contributed by atoms with Crippen LogP contribution >= 0.6 is 0 Å². The van der Waals surface area contributed by atoms with Crippen LogP contribution in [0.5, 0.6) is 0 Å². The van der Waals surface area contributed by atoms with Gasteiger partial charge in [-0.1, -0.05) is 40.0 Å². The van der Waals surface area contributed by atoms with Crippen molar-refractivity contribution in [3.05, 3.63) is 0 Å². The summed E-state index contributed by atoms with van der Waals surface area (Å²) in [5.74, 6) is 1.08. The van der Waals surface area contributed by atoms with Crippen LogP contribution in [-0.4, -0.2) is 26.0 Å². The van der Waals surface area contributed by atoms with Gasteiger partial charge >= 0.3 is 0 Å². The smallest absolute Gasteiger partial charge is 0.224 e. The minimum absolute atomic E-state index is 0.104. The van der Waals surface area contributed by atoms with Crippen LogP contribution in [0, 0.1) is 17.3 Å². The molecule has 1 rings (SSSR count). The van der Waals surface area contributed by atoms with Crippen molar-refractivity contribution in [3.63, 3.8) is 0 Å². The summed E-state index contributed by atoms with van der Waals surface area (Å²) in [6.45, 7) is 8.28. The van der Waals surface area contributed by atoms with Crippen LogP contribution in [0.15, 0.2) is 0 Å². The first-order valence-corrected chi connectivity index (χ1v) is 7.93. The molecule has 0 aliphatic heterocycles. The third kappa shape index (κ3) is 5.13. The van der Waals surface area contributed by atoms with Crippen molar-refractivity contribution in [2.75, 3.05) is 20.1 Å². The highest BCUT2D eigenvalue weighted by Gasteiger charge is 2.31. The third-order valence-corrected chi connectivity index (χ3v) is 4.74. The number of amides is 1. The molecule has 0 heterocycles. The van der Waals surface area contributed by atoms with Gasteiger partial charge in [0.1, 0.15) is 0 Å². The summed E-state index contributed by atoms with van der Waals surface area (Å²) in [6.07, 6.45) is 7.67. The zero-order valence-electron chi connectivity index (χ0n) is 13.2. The van der Waals surface area contributed by atoms with Crippen LogP contribution in [0.1, 0.15) is 59.3 Å². The van der Waals surface area contributed by atoms with Gasteiger partial charge in [-0.3, -0.25) is 4.79 Å². The Kier molecular flexibility index (Phi) is 6.84. The van der Waals surface area contributed by atoms with Gasteiger partial charge in [-0.15, -0.1) is 0 Å². The summed E-state index contributed by atoms with van der Waals surface area (Å²) in [5.41, 5.74) is 0.230. The van der Waals surface area contributed by atoms with Crippen molar-refractivity contribution in [2.24, 2.45) is 17.3 Å². The van der Waals surface area contributed by atoms with E-state index < -0.39 is 0 Å². The quantitative estimate of drug-likeness (QED) is 0.745. The number of hydrogen-bond donors (Lipinski definition) is 2. The lowest BCUT2D eigenvalue weighted by Gasteiger charge is -2.37. The van der Waals surface area contributed by atoms with Gasteiger partial charge in [-0.2, -0.15) is 0 Å². The molecule has 0 aromatic carbocycles. The number of hydrogen-bond acceptors (Lipinski definition) is 2. The molecule has 112 valence electrons. The second kappa shape index (κ2) is 7.88. The van der Waals surface area contributed by atoms with Gasteiger partial charge in [0.05, 0.1) is 5.92 Å². The predicted molar refractivity (Wildman–Crippen MR) is 81.1 cm³/mol. The van der Waals surface area contributed by atoms with Crippen molar-refractivity contribution < 1.29 is 4.79 Å². The van der Waals surface area contributed by atoms with E-state index in [1.54, 1.807) is 0 Å². The monoisotopic (exact) mass is 268 g/mol. The van der Waals surface area contributed by atoms with Crippen LogP contribution in [0.25, 0.3) is 0 Å². The average Bonchev–Trinajstić information content (AvgIpc) is 2.43. The molecule has 1 saturated carbocycles. The van der Waals surface area contributed by atoms with E-state index in [0.29, 0.717) is 0 Å². The van der Waals surface area contributed by atoms with E-state index in [4.69, 9.17) is 0 Å².